The molecular weight excluding hydrogens is 534 g/mol. The second-order valence-corrected chi connectivity index (χ2v) is 10.5. The summed E-state index contributed by atoms with van der Waals surface area (Å²) in [6.45, 7) is 4.00. The molecule has 7 aromatic carbocycles. The van der Waals surface area contributed by atoms with Gasteiger partial charge in [-0.15, -0.1) is 0 Å². The topological polar surface area (TPSA) is 38.7 Å². The molecule has 0 saturated heterocycles. The summed E-state index contributed by atoms with van der Waals surface area (Å²) in [5.41, 5.74) is 5.25. The third-order valence-corrected chi connectivity index (χ3v) is 7.90. The van der Waals surface area contributed by atoms with E-state index in [-0.39, 0.29) is 0 Å². The highest BCUT2D eigenvalue weighted by Gasteiger charge is 2.14. The van der Waals surface area contributed by atoms with Gasteiger partial charge in [-0.05, 0) is 49.5 Å². The van der Waals surface area contributed by atoms with Crippen molar-refractivity contribution in [3.05, 3.63) is 152 Å². The number of rotatable bonds is 4. The summed E-state index contributed by atoms with van der Waals surface area (Å²) in [7, 11) is 0. The molecule has 1 aromatic heterocycles. The Kier molecular flexibility index (Phi) is 7.35. The first-order valence-electron chi connectivity index (χ1n) is 15.1. The lowest BCUT2D eigenvalue weighted by Gasteiger charge is -2.14. The molecule has 0 amide bonds. The van der Waals surface area contributed by atoms with Crippen molar-refractivity contribution in [2.75, 3.05) is 0 Å². The summed E-state index contributed by atoms with van der Waals surface area (Å²) in [6.07, 6.45) is 0. The van der Waals surface area contributed by atoms with E-state index in [1.54, 1.807) is 0 Å². The van der Waals surface area contributed by atoms with Crippen molar-refractivity contribution in [2.45, 2.75) is 13.8 Å². The number of hydrogen-bond acceptors (Lipinski definition) is 3. The van der Waals surface area contributed by atoms with Crippen LogP contribution < -0.4 is 0 Å². The van der Waals surface area contributed by atoms with Crippen molar-refractivity contribution >= 4 is 32.3 Å². The summed E-state index contributed by atoms with van der Waals surface area (Å²) in [5, 5.41) is 7.59. The van der Waals surface area contributed by atoms with Gasteiger partial charge in [0, 0.05) is 16.7 Å². The fourth-order valence-electron chi connectivity index (χ4n) is 5.85. The molecule has 0 aliphatic carbocycles. The van der Waals surface area contributed by atoms with Crippen LogP contribution in [0.4, 0.5) is 0 Å². The third kappa shape index (κ3) is 4.99. The lowest BCUT2D eigenvalue weighted by atomic mass is 9.90. The Hall–Kier alpha value is -5.67. The lowest BCUT2D eigenvalue weighted by molar-refractivity contribution is 1.07. The maximum absolute atomic E-state index is 4.90. The van der Waals surface area contributed by atoms with Gasteiger partial charge >= 0.3 is 0 Å². The molecular formula is C41H31N3. The Morgan fingerprint density at radius 1 is 0.341 bits per heavy atom. The van der Waals surface area contributed by atoms with Gasteiger partial charge in [0.25, 0.3) is 0 Å². The standard InChI is InChI=1S/C39H25N3.C2H6/c1-3-12-28(13-4-1)37-40-38(29-14-5-2-6-15-29)42-39(41-37)30-22-19-27(20-23-30)35-25-31-24-21-26-11-7-8-16-32(26)36(31)34-18-10-9-17-33(34)35;1-2/h1-25H;1-2H3. The fourth-order valence-corrected chi connectivity index (χ4v) is 5.85. The van der Waals surface area contributed by atoms with E-state index in [0.29, 0.717) is 17.5 Å². The Bertz CT molecular complexity index is 2160. The highest BCUT2D eigenvalue weighted by molar-refractivity contribution is 6.23. The fraction of sp³-hybridized carbons (Fsp3) is 0.0488. The van der Waals surface area contributed by atoms with Crippen LogP contribution in [-0.4, -0.2) is 15.0 Å². The SMILES string of the molecule is CC.c1ccc(-c2nc(-c3ccccc3)nc(-c3ccc(-c4cc5ccc6ccccc6c5c5ccccc45)cc3)n2)cc1. The molecule has 0 unspecified atom stereocenters. The van der Waals surface area contributed by atoms with Crippen LogP contribution in [0.25, 0.3) is 77.6 Å². The van der Waals surface area contributed by atoms with E-state index < -0.39 is 0 Å². The van der Waals surface area contributed by atoms with E-state index in [9.17, 15) is 0 Å². The zero-order chi connectivity index (χ0) is 29.9. The summed E-state index contributed by atoms with van der Waals surface area (Å²) < 4.78 is 0. The van der Waals surface area contributed by atoms with Crippen LogP contribution in [0.5, 0.6) is 0 Å². The molecule has 44 heavy (non-hydrogen) atoms. The van der Waals surface area contributed by atoms with Crippen LogP contribution in [0.1, 0.15) is 13.8 Å². The number of hydrogen-bond donors (Lipinski definition) is 0. The van der Waals surface area contributed by atoms with Gasteiger partial charge in [-0.1, -0.05) is 159 Å². The largest absolute Gasteiger partial charge is 0.208 e. The van der Waals surface area contributed by atoms with Gasteiger partial charge in [-0.2, -0.15) is 0 Å². The normalized spacial score (nSPS) is 11.0. The molecule has 3 heteroatoms. The van der Waals surface area contributed by atoms with Crippen molar-refractivity contribution in [3.63, 3.8) is 0 Å². The van der Waals surface area contributed by atoms with E-state index in [1.807, 2.05) is 74.5 Å². The molecule has 0 N–H and O–H groups in total. The highest BCUT2D eigenvalue weighted by Crippen LogP contribution is 2.38. The Balaban J connectivity index is 0.00000153. The smallest absolute Gasteiger partial charge is 0.164 e. The first-order valence-corrected chi connectivity index (χ1v) is 15.1. The average Bonchev–Trinajstić information content (AvgIpc) is 3.12. The summed E-state index contributed by atoms with van der Waals surface area (Å²) in [4.78, 5) is 14.6. The van der Waals surface area contributed by atoms with Crippen LogP contribution in [0.2, 0.25) is 0 Å². The van der Waals surface area contributed by atoms with E-state index in [0.717, 1.165) is 22.3 Å². The van der Waals surface area contributed by atoms with Gasteiger partial charge in [0.1, 0.15) is 0 Å². The van der Waals surface area contributed by atoms with Crippen molar-refractivity contribution in [1.82, 2.24) is 15.0 Å². The van der Waals surface area contributed by atoms with Crippen LogP contribution in [0.3, 0.4) is 0 Å². The van der Waals surface area contributed by atoms with Crippen LogP contribution >= 0.6 is 0 Å². The Morgan fingerprint density at radius 3 is 1.36 bits per heavy atom. The number of nitrogens with zero attached hydrogens (tertiary/aromatic N) is 3. The van der Waals surface area contributed by atoms with Crippen molar-refractivity contribution in [1.29, 1.82) is 0 Å². The maximum Gasteiger partial charge on any atom is 0.164 e. The maximum atomic E-state index is 4.90. The predicted octanol–water partition coefficient (Wildman–Crippen LogP) is 11.0. The van der Waals surface area contributed by atoms with E-state index in [2.05, 4.69) is 91.0 Å². The van der Waals surface area contributed by atoms with E-state index >= 15 is 0 Å². The quantitative estimate of drug-likeness (QED) is 0.199. The number of benzene rings is 7. The number of aromatic nitrogens is 3. The van der Waals surface area contributed by atoms with Crippen molar-refractivity contribution in [3.8, 4) is 45.3 Å². The van der Waals surface area contributed by atoms with Crippen molar-refractivity contribution in [2.24, 2.45) is 0 Å². The minimum atomic E-state index is 0.657. The molecule has 0 atom stereocenters. The predicted molar refractivity (Wildman–Crippen MR) is 185 cm³/mol. The molecule has 0 saturated carbocycles. The second-order valence-electron chi connectivity index (χ2n) is 10.5. The lowest BCUT2D eigenvalue weighted by Crippen LogP contribution is -2.00. The third-order valence-electron chi connectivity index (χ3n) is 7.90. The van der Waals surface area contributed by atoms with Crippen LogP contribution in [0, 0.1) is 0 Å². The van der Waals surface area contributed by atoms with E-state index in [1.165, 1.54) is 37.9 Å². The van der Waals surface area contributed by atoms with Gasteiger partial charge in [0.05, 0.1) is 0 Å². The Labute approximate surface area is 257 Å². The average molecular weight is 566 g/mol. The van der Waals surface area contributed by atoms with Gasteiger partial charge in [0.2, 0.25) is 0 Å². The zero-order valence-electron chi connectivity index (χ0n) is 24.8. The molecule has 3 nitrogen and oxygen atoms in total. The van der Waals surface area contributed by atoms with Gasteiger partial charge < -0.3 is 0 Å². The minimum absolute atomic E-state index is 0.657. The first kappa shape index (κ1) is 27.2. The molecule has 0 aliphatic rings. The molecule has 8 aromatic rings. The summed E-state index contributed by atoms with van der Waals surface area (Å²) in [6, 6.07) is 52.9. The molecule has 210 valence electrons. The zero-order valence-corrected chi connectivity index (χ0v) is 24.8. The molecule has 0 fully saturated rings. The van der Waals surface area contributed by atoms with Gasteiger partial charge in [-0.25, -0.2) is 15.0 Å². The first-order chi connectivity index (χ1) is 21.8. The highest BCUT2D eigenvalue weighted by atomic mass is 15.0. The summed E-state index contributed by atoms with van der Waals surface area (Å²) >= 11 is 0. The monoisotopic (exact) mass is 565 g/mol. The molecule has 0 spiro atoms. The van der Waals surface area contributed by atoms with E-state index in [4.69, 9.17) is 15.0 Å². The van der Waals surface area contributed by atoms with Crippen LogP contribution in [-0.2, 0) is 0 Å². The molecule has 0 bridgehead atoms. The molecule has 8 rings (SSSR count). The van der Waals surface area contributed by atoms with Gasteiger partial charge in [0.15, 0.2) is 17.5 Å². The van der Waals surface area contributed by atoms with Crippen molar-refractivity contribution < 1.29 is 0 Å². The summed E-state index contributed by atoms with van der Waals surface area (Å²) in [5.74, 6) is 1.98. The molecule has 0 aliphatic heterocycles. The molecule has 0 radical (unpaired) electrons. The second kappa shape index (κ2) is 11.9. The number of fused-ring (bicyclic) bond motifs is 5. The Morgan fingerprint density at radius 2 is 0.773 bits per heavy atom. The van der Waals surface area contributed by atoms with Gasteiger partial charge in [-0.3, -0.25) is 0 Å². The van der Waals surface area contributed by atoms with Crippen LogP contribution in [0.15, 0.2) is 152 Å². The molecule has 1 heterocycles. The minimum Gasteiger partial charge on any atom is -0.208 e.